The number of rotatable bonds is 8. The SMILES string of the molecule is BOC(=O)C(CCCC)CCCN1CCCC1. The van der Waals surface area contributed by atoms with Gasteiger partial charge in [0, 0.05) is 0 Å². The molecule has 4 heteroatoms. The van der Waals surface area contributed by atoms with E-state index in [0.29, 0.717) is 0 Å². The van der Waals surface area contributed by atoms with Crippen molar-refractivity contribution in [3.8, 4) is 0 Å². The fraction of sp³-hybridized carbons (Fsp3) is 0.923. The third kappa shape index (κ3) is 5.58. The first-order valence-electron chi connectivity index (χ1n) is 7.08. The lowest BCUT2D eigenvalue weighted by Gasteiger charge is -2.18. The molecule has 0 aromatic carbocycles. The molecule has 1 atom stereocenters. The second-order valence-corrected chi connectivity index (χ2v) is 5.05. The van der Waals surface area contributed by atoms with Crippen LogP contribution in [0.4, 0.5) is 0 Å². The minimum Gasteiger partial charge on any atom is -0.543 e. The van der Waals surface area contributed by atoms with Crippen LogP contribution in [0, 0.1) is 5.92 Å². The van der Waals surface area contributed by atoms with Gasteiger partial charge in [-0.25, -0.2) is 0 Å². The monoisotopic (exact) mass is 239 g/mol. The van der Waals surface area contributed by atoms with Gasteiger partial charge in [0.05, 0.1) is 5.92 Å². The zero-order chi connectivity index (χ0) is 12.5. The van der Waals surface area contributed by atoms with Gasteiger partial charge in [0.15, 0.2) is 0 Å². The van der Waals surface area contributed by atoms with Crippen molar-refractivity contribution < 1.29 is 9.45 Å². The molecule has 1 unspecified atom stereocenters. The molecule has 0 amide bonds. The molecule has 0 aliphatic carbocycles. The van der Waals surface area contributed by atoms with Crippen molar-refractivity contribution in [2.45, 2.75) is 51.9 Å². The standard InChI is InChI=1S/C13H26BNO2/c1-2-3-7-12(13(16)17-14)8-6-11-15-9-4-5-10-15/h12H,2-11,14H2,1H3. The Morgan fingerprint density at radius 2 is 1.94 bits per heavy atom. The van der Waals surface area contributed by atoms with Gasteiger partial charge >= 0.3 is 8.05 Å². The zero-order valence-electron chi connectivity index (χ0n) is 11.4. The van der Waals surface area contributed by atoms with E-state index >= 15 is 0 Å². The highest BCUT2D eigenvalue weighted by molar-refractivity contribution is 6.05. The van der Waals surface area contributed by atoms with Gasteiger partial charge in [-0.15, -0.1) is 0 Å². The Balaban J connectivity index is 2.19. The molecular formula is C13H26BNO2. The fourth-order valence-electron chi connectivity index (χ4n) is 2.56. The molecule has 0 bridgehead atoms. The molecule has 1 aliphatic rings. The first-order chi connectivity index (χ1) is 8.27. The summed E-state index contributed by atoms with van der Waals surface area (Å²) < 4.78 is 4.88. The van der Waals surface area contributed by atoms with E-state index < -0.39 is 0 Å². The summed E-state index contributed by atoms with van der Waals surface area (Å²) in [5.41, 5.74) is 0. The Labute approximate surface area is 106 Å². The minimum atomic E-state index is -0.0140. The first kappa shape index (κ1) is 14.6. The van der Waals surface area contributed by atoms with E-state index in [1.165, 1.54) is 34.0 Å². The van der Waals surface area contributed by atoms with Gasteiger partial charge in [0.1, 0.15) is 0 Å². The van der Waals surface area contributed by atoms with Crippen LogP contribution in [0.25, 0.3) is 0 Å². The summed E-state index contributed by atoms with van der Waals surface area (Å²) in [6.45, 7) is 5.81. The lowest BCUT2D eigenvalue weighted by atomic mass is 9.96. The Hall–Kier alpha value is -0.505. The van der Waals surface area contributed by atoms with Crippen LogP contribution >= 0.6 is 0 Å². The molecule has 0 aromatic heterocycles. The number of hydrogen-bond donors (Lipinski definition) is 0. The van der Waals surface area contributed by atoms with Crippen molar-refractivity contribution in [2.24, 2.45) is 5.92 Å². The predicted molar refractivity (Wildman–Crippen MR) is 72.6 cm³/mol. The molecular weight excluding hydrogens is 213 g/mol. The molecule has 17 heavy (non-hydrogen) atoms. The highest BCUT2D eigenvalue weighted by Crippen LogP contribution is 2.18. The van der Waals surface area contributed by atoms with Crippen LogP contribution in [0.2, 0.25) is 0 Å². The minimum absolute atomic E-state index is 0.0140. The number of nitrogens with zero attached hydrogens (tertiary/aromatic N) is 1. The van der Waals surface area contributed by atoms with E-state index in [9.17, 15) is 4.79 Å². The summed E-state index contributed by atoms with van der Waals surface area (Å²) in [7, 11) is 1.50. The summed E-state index contributed by atoms with van der Waals surface area (Å²) in [5, 5.41) is 0. The van der Waals surface area contributed by atoms with Crippen molar-refractivity contribution in [1.29, 1.82) is 0 Å². The number of hydrogen-bond acceptors (Lipinski definition) is 3. The summed E-state index contributed by atoms with van der Waals surface area (Å²) in [6.07, 6.45) is 8.07. The van der Waals surface area contributed by atoms with Crippen molar-refractivity contribution in [3.63, 3.8) is 0 Å². The van der Waals surface area contributed by atoms with Gasteiger partial charge in [-0.1, -0.05) is 19.8 Å². The molecule has 1 saturated heterocycles. The average molecular weight is 239 g/mol. The molecule has 1 aliphatic heterocycles. The van der Waals surface area contributed by atoms with Crippen molar-refractivity contribution in [1.82, 2.24) is 4.90 Å². The third-order valence-corrected chi connectivity index (χ3v) is 3.67. The molecule has 0 radical (unpaired) electrons. The quantitative estimate of drug-likeness (QED) is 0.604. The second kappa shape index (κ2) is 8.57. The average Bonchev–Trinajstić information content (AvgIpc) is 2.85. The molecule has 3 nitrogen and oxygen atoms in total. The van der Waals surface area contributed by atoms with Gasteiger partial charge in [0.25, 0.3) is 5.97 Å². The number of carbonyl (C=O) groups excluding carboxylic acids is 1. The second-order valence-electron chi connectivity index (χ2n) is 5.05. The maximum absolute atomic E-state index is 11.6. The smallest absolute Gasteiger partial charge is 0.325 e. The summed E-state index contributed by atoms with van der Waals surface area (Å²) in [4.78, 5) is 14.1. The largest absolute Gasteiger partial charge is 0.543 e. The van der Waals surface area contributed by atoms with Gasteiger partial charge in [-0.3, -0.25) is 4.79 Å². The van der Waals surface area contributed by atoms with Gasteiger partial charge in [-0.2, -0.15) is 0 Å². The fourth-order valence-corrected chi connectivity index (χ4v) is 2.56. The molecule has 1 heterocycles. The van der Waals surface area contributed by atoms with Crippen LogP contribution in [0.5, 0.6) is 0 Å². The normalized spacial score (nSPS) is 18.2. The molecule has 0 N–H and O–H groups in total. The topological polar surface area (TPSA) is 29.5 Å². The van der Waals surface area contributed by atoms with Crippen molar-refractivity contribution in [3.05, 3.63) is 0 Å². The van der Waals surface area contributed by atoms with Crippen LogP contribution < -0.4 is 0 Å². The van der Waals surface area contributed by atoms with E-state index in [1.54, 1.807) is 0 Å². The molecule has 98 valence electrons. The van der Waals surface area contributed by atoms with Crippen molar-refractivity contribution in [2.75, 3.05) is 19.6 Å². The zero-order valence-corrected chi connectivity index (χ0v) is 11.4. The van der Waals surface area contributed by atoms with Crippen molar-refractivity contribution >= 4 is 14.0 Å². The highest BCUT2D eigenvalue weighted by atomic mass is 16.5. The van der Waals surface area contributed by atoms with E-state index in [2.05, 4.69) is 11.8 Å². The van der Waals surface area contributed by atoms with E-state index in [0.717, 1.165) is 38.6 Å². The Morgan fingerprint density at radius 3 is 2.53 bits per heavy atom. The summed E-state index contributed by atoms with van der Waals surface area (Å²) >= 11 is 0. The maximum Gasteiger partial charge on any atom is 0.325 e. The molecule has 0 aromatic rings. The lowest BCUT2D eigenvalue weighted by Crippen LogP contribution is -2.23. The summed E-state index contributed by atoms with van der Waals surface area (Å²) in [6, 6.07) is 0. The summed E-state index contributed by atoms with van der Waals surface area (Å²) in [5.74, 6) is 0.113. The third-order valence-electron chi connectivity index (χ3n) is 3.67. The van der Waals surface area contributed by atoms with E-state index in [1.807, 2.05) is 0 Å². The van der Waals surface area contributed by atoms with Crippen LogP contribution in [-0.4, -0.2) is 38.6 Å². The maximum atomic E-state index is 11.6. The first-order valence-corrected chi connectivity index (χ1v) is 7.08. The number of carbonyl (C=O) groups is 1. The highest BCUT2D eigenvalue weighted by Gasteiger charge is 2.18. The van der Waals surface area contributed by atoms with Crippen LogP contribution in [0.15, 0.2) is 0 Å². The molecule has 0 spiro atoms. The molecule has 1 fully saturated rings. The Bertz CT molecular complexity index is 217. The Kier molecular flexibility index (Phi) is 7.33. The number of likely N-dealkylation sites (tertiary alicyclic amines) is 1. The van der Waals surface area contributed by atoms with Gasteiger partial charge < -0.3 is 9.55 Å². The number of unbranched alkanes of at least 4 members (excludes halogenated alkanes) is 1. The molecule has 1 rings (SSSR count). The van der Waals surface area contributed by atoms with Gasteiger partial charge in [-0.05, 0) is 51.7 Å². The van der Waals surface area contributed by atoms with Crippen LogP contribution in [-0.2, 0) is 9.45 Å². The van der Waals surface area contributed by atoms with E-state index in [4.69, 9.17) is 4.65 Å². The van der Waals surface area contributed by atoms with E-state index in [-0.39, 0.29) is 11.9 Å². The molecule has 0 saturated carbocycles. The predicted octanol–water partition coefficient (Wildman–Crippen LogP) is 1.76. The van der Waals surface area contributed by atoms with Crippen LogP contribution in [0.1, 0.15) is 51.9 Å². The van der Waals surface area contributed by atoms with Crippen LogP contribution in [0.3, 0.4) is 0 Å². The lowest BCUT2D eigenvalue weighted by molar-refractivity contribution is -0.139. The van der Waals surface area contributed by atoms with Gasteiger partial charge in [0.2, 0.25) is 0 Å². The Morgan fingerprint density at radius 1 is 1.29 bits per heavy atom.